The van der Waals surface area contributed by atoms with Gasteiger partial charge in [0.2, 0.25) is 0 Å². The molecule has 0 radical (unpaired) electrons. The first-order valence-electron chi connectivity index (χ1n) is 6.39. The van der Waals surface area contributed by atoms with Crippen LogP contribution < -0.4 is 11.5 Å². The summed E-state index contributed by atoms with van der Waals surface area (Å²) in [6.45, 7) is 11.2. The average Bonchev–Trinajstić information content (AvgIpc) is 2.13. The smallest absolute Gasteiger partial charge is 0.174 e. The Balaban J connectivity index is 2.84. The highest BCUT2D eigenvalue weighted by atomic mass is 29.3. The number of hydrogen-bond donors (Lipinski definition) is 2. The Bertz CT molecular complexity index is 238. The maximum atomic E-state index is 6.60. The second-order valence-electron chi connectivity index (χ2n) is 6.26. The lowest BCUT2D eigenvalue weighted by Gasteiger charge is -2.52. The van der Waals surface area contributed by atoms with Gasteiger partial charge in [-0.05, 0) is 45.4 Å². The molecule has 1 fully saturated rings. The second-order valence-corrected chi connectivity index (χ2v) is 21.4. The van der Waals surface area contributed by atoms with Crippen LogP contribution in [0.1, 0.15) is 19.3 Å². The van der Waals surface area contributed by atoms with Crippen LogP contribution in [0, 0.1) is 0 Å². The summed E-state index contributed by atoms with van der Waals surface area (Å²) >= 11 is 0. The third-order valence-corrected chi connectivity index (χ3v) is 21.0. The summed E-state index contributed by atoms with van der Waals surface area (Å²) in [5.74, 6) is 0. The summed E-state index contributed by atoms with van der Waals surface area (Å²) in [6.07, 6.45) is 3.13. The van der Waals surface area contributed by atoms with Crippen LogP contribution in [0.5, 0.6) is 0 Å². The van der Waals surface area contributed by atoms with Crippen molar-refractivity contribution in [3.05, 3.63) is 0 Å². The fraction of sp³-hybridized carbons (Fsp3) is 1.00. The highest BCUT2D eigenvalue weighted by molar-refractivity contribution is 7.38. The monoisotopic (exact) mass is 260 g/mol. The van der Waals surface area contributed by atoms with E-state index >= 15 is 0 Å². The second kappa shape index (κ2) is 4.90. The van der Waals surface area contributed by atoms with Crippen LogP contribution in [-0.4, -0.2) is 34.1 Å². The van der Waals surface area contributed by atoms with Gasteiger partial charge >= 0.3 is 0 Å². The first-order valence-corrected chi connectivity index (χ1v) is 13.5. The van der Waals surface area contributed by atoms with E-state index in [1.54, 1.807) is 0 Å². The Kier molecular flexibility index (Phi) is 4.40. The Hall–Kier alpha value is 0.314. The third-order valence-electron chi connectivity index (χ3n) is 4.51. The van der Waals surface area contributed by atoms with Gasteiger partial charge in [0.1, 0.15) is 0 Å². The zero-order chi connectivity index (χ0) is 12.4. The summed E-state index contributed by atoms with van der Waals surface area (Å²) in [5.41, 5.74) is 11.5. The van der Waals surface area contributed by atoms with Crippen LogP contribution in [0.25, 0.3) is 0 Å². The minimum atomic E-state index is -1.50. The molecule has 0 unspecified atom stereocenters. The van der Waals surface area contributed by atoms with Crippen molar-refractivity contribution in [2.45, 2.75) is 57.1 Å². The highest BCUT2D eigenvalue weighted by Gasteiger charge is 2.52. The maximum absolute atomic E-state index is 6.60. The molecule has 5 heteroatoms. The first kappa shape index (κ1) is 14.4. The van der Waals surface area contributed by atoms with Crippen LogP contribution in [0.4, 0.5) is 0 Å². The molecule has 0 bridgehead atoms. The summed E-state index contributed by atoms with van der Waals surface area (Å²) in [7, 11) is -2.63. The molecule has 3 nitrogen and oxygen atoms in total. The third kappa shape index (κ3) is 2.76. The standard InChI is InChI=1S/C11H28N2OSi2/c1-15(2)10-7-11(5-8-12,6-9-13)14-16(15,3)4/h5-10,12-13H2,1-4H3. The average molecular weight is 261 g/mol. The van der Waals surface area contributed by atoms with E-state index in [-0.39, 0.29) is 5.60 Å². The predicted octanol–water partition coefficient (Wildman–Crippen LogP) is 1.84. The molecule has 96 valence electrons. The van der Waals surface area contributed by atoms with E-state index in [4.69, 9.17) is 15.9 Å². The topological polar surface area (TPSA) is 61.3 Å². The van der Waals surface area contributed by atoms with E-state index < -0.39 is 15.4 Å². The molecule has 0 aromatic rings. The van der Waals surface area contributed by atoms with E-state index in [9.17, 15) is 0 Å². The minimum Gasteiger partial charge on any atom is -0.414 e. The van der Waals surface area contributed by atoms with E-state index in [1.807, 2.05) is 0 Å². The quantitative estimate of drug-likeness (QED) is 0.758. The van der Waals surface area contributed by atoms with Crippen molar-refractivity contribution in [1.82, 2.24) is 0 Å². The summed E-state index contributed by atoms with van der Waals surface area (Å²) in [4.78, 5) is 0. The van der Waals surface area contributed by atoms with Gasteiger partial charge in [0.15, 0.2) is 7.83 Å². The zero-order valence-corrected chi connectivity index (χ0v) is 13.3. The molecule has 1 aliphatic rings. The van der Waals surface area contributed by atoms with Gasteiger partial charge in [0, 0.05) is 0 Å². The van der Waals surface area contributed by atoms with Gasteiger partial charge in [-0.15, -0.1) is 0 Å². The first-order chi connectivity index (χ1) is 7.29. The van der Waals surface area contributed by atoms with Gasteiger partial charge in [0.25, 0.3) is 0 Å². The van der Waals surface area contributed by atoms with Crippen LogP contribution in [0.15, 0.2) is 0 Å². The predicted molar refractivity (Wildman–Crippen MR) is 75.5 cm³/mol. The maximum Gasteiger partial charge on any atom is 0.174 e. The van der Waals surface area contributed by atoms with Crippen molar-refractivity contribution in [3.63, 3.8) is 0 Å². The van der Waals surface area contributed by atoms with Crippen molar-refractivity contribution in [1.29, 1.82) is 0 Å². The lowest BCUT2D eigenvalue weighted by atomic mass is 9.92. The van der Waals surface area contributed by atoms with Gasteiger partial charge in [0.05, 0.1) is 13.2 Å². The molecule has 16 heavy (non-hydrogen) atoms. The molecule has 0 amide bonds. The van der Waals surface area contributed by atoms with E-state index in [2.05, 4.69) is 26.2 Å². The fourth-order valence-corrected chi connectivity index (χ4v) is 9.58. The van der Waals surface area contributed by atoms with Crippen molar-refractivity contribution >= 4 is 15.4 Å². The van der Waals surface area contributed by atoms with Crippen LogP contribution in [0.2, 0.25) is 32.2 Å². The highest BCUT2D eigenvalue weighted by Crippen LogP contribution is 2.41. The molecule has 4 N–H and O–H groups in total. The summed E-state index contributed by atoms with van der Waals surface area (Å²) in [6, 6.07) is 1.38. The lowest BCUT2D eigenvalue weighted by Crippen LogP contribution is -2.65. The lowest BCUT2D eigenvalue weighted by molar-refractivity contribution is 0.0400. The Morgan fingerprint density at radius 3 is 1.94 bits per heavy atom. The SMILES string of the molecule is C[Si]1(C)CCC(CCN)(CCN)O[Si]1(C)C. The fourth-order valence-electron chi connectivity index (χ4n) is 2.57. The van der Waals surface area contributed by atoms with Crippen LogP contribution >= 0.6 is 0 Å². The molecular weight excluding hydrogens is 232 g/mol. The molecule has 1 heterocycles. The van der Waals surface area contributed by atoms with Gasteiger partial charge in [-0.3, -0.25) is 0 Å². The Morgan fingerprint density at radius 2 is 1.56 bits per heavy atom. The van der Waals surface area contributed by atoms with Crippen molar-refractivity contribution in [2.24, 2.45) is 11.5 Å². The molecule has 1 saturated heterocycles. The number of nitrogens with two attached hydrogens (primary N) is 2. The molecule has 0 aromatic heterocycles. The van der Waals surface area contributed by atoms with Crippen molar-refractivity contribution in [3.8, 4) is 0 Å². The largest absolute Gasteiger partial charge is 0.414 e. The summed E-state index contributed by atoms with van der Waals surface area (Å²) in [5, 5.41) is 0. The molecule has 0 spiro atoms. The number of rotatable bonds is 4. The molecule has 0 aliphatic carbocycles. The van der Waals surface area contributed by atoms with Crippen molar-refractivity contribution < 1.29 is 4.43 Å². The zero-order valence-electron chi connectivity index (χ0n) is 11.3. The van der Waals surface area contributed by atoms with Crippen LogP contribution in [-0.2, 0) is 4.43 Å². The Labute approximate surface area is 102 Å². The normalized spacial score (nSPS) is 26.6. The molecule has 0 saturated carbocycles. The molecule has 1 aliphatic heterocycles. The minimum absolute atomic E-state index is 0.0156. The molecule has 1 rings (SSSR count). The van der Waals surface area contributed by atoms with E-state index in [0.29, 0.717) is 13.1 Å². The molecular formula is C11H28N2OSi2. The molecule has 0 aromatic carbocycles. The van der Waals surface area contributed by atoms with Crippen LogP contribution in [0.3, 0.4) is 0 Å². The van der Waals surface area contributed by atoms with Gasteiger partial charge in [-0.25, -0.2) is 0 Å². The van der Waals surface area contributed by atoms with Crippen molar-refractivity contribution in [2.75, 3.05) is 13.1 Å². The molecule has 0 atom stereocenters. The van der Waals surface area contributed by atoms with Gasteiger partial charge < -0.3 is 15.9 Å². The van der Waals surface area contributed by atoms with E-state index in [0.717, 1.165) is 12.8 Å². The Morgan fingerprint density at radius 1 is 1.06 bits per heavy atom. The summed E-state index contributed by atoms with van der Waals surface area (Å²) < 4.78 is 6.60. The van der Waals surface area contributed by atoms with Gasteiger partial charge in [-0.2, -0.15) is 0 Å². The number of hydrogen-bond acceptors (Lipinski definition) is 3. The van der Waals surface area contributed by atoms with E-state index in [1.165, 1.54) is 12.5 Å². The van der Waals surface area contributed by atoms with Gasteiger partial charge in [-0.1, -0.05) is 19.1 Å².